The maximum Gasteiger partial charge on any atom is 0.339 e. The van der Waals surface area contributed by atoms with E-state index in [1.807, 2.05) is 18.2 Å². The Hall–Kier alpha value is -2.67. The van der Waals surface area contributed by atoms with Gasteiger partial charge in [-0.25, -0.2) is 4.79 Å². The molecule has 6 nitrogen and oxygen atoms in total. The fourth-order valence-electron chi connectivity index (χ4n) is 3.00. The molecule has 0 spiro atoms. The first-order valence-electron chi connectivity index (χ1n) is 8.08. The third-order valence-electron chi connectivity index (χ3n) is 4.31. The molecule has 1 aliphatic heterocycles. The number of carbonyl (C=O) groups excluding carboxylic acids is 1. The number of halogens is 1. The van der Waals surface area contributed by atoms with Crippen LogP contribution in [-0.2, 0) is 9.53 Å². The van der Waals surface area contributed by atoms with Crippen molar-refractivity contribution in [2.45, 2.75) is 0 Å². The van der Waals surface area contributed by atoms with Crippen LogP contribution in [0.1, 0.15) is 11.1 Å². The lowest BCUT2D eigenvalue weighted by molar-refractivity contribution is -0.133. The van der Waals surface area contributed by atoms with Crippen LogP contribution in [0.5, 0.6) is 23.0 Å². The van der Waals surface area contributed by atoms with Crippen molar-refractivity contribution in [1.82, 2.24) is 0 Å². The van der Waals surface area contributed by atoms with Crippen LogP contribution in [0.25, 0.3) is 11.1 Å². The zero-order chi connectivity index (χ0) is 19.6. The van der Waals surface area contributed by atoms with Crippen molar-refractivity contribution in [1.29, 1.82) is 0 Å². The Morgan fingerprint density at radius 1 is 0.926 bits per heavy atom. The monoisotopic (exact) mass is 434 g/mol. The molecule has 0 amide bonds. The number of methoxy groups -OCH3 is 4. The lowest BCUT2D eigenvalue weighted by Crippen LogP contribution is -2.01. The van der Waals surface area contributed by atoms with E-state index in [0.29, 0.717) is 34.1 Å². The number of cyclic esters (lactones) is 1. The van der Waals surface area contributed by atoms with Gasteiger partial charge in [-0.15, -0.1) is 0 Å². The second-order valence-electron chi connectivity index (χ2n) is 5.69. The quantitative estimate of drug-likeness (QED) is 0.641. The van der Waals surface area contributed by atoms with Gasteiger partial charge in [0.1, 0.15) is 12.4 Å². The van der Waals surface area contributed by atoms with Gasteiger partial charge in [0.15, 0.2) is 11.5 Å². The topological polar surface area (TPSA) is 63.2 Å². The van der Waals surface area contributed by atoms with Crippen molar-refractivity contribution in [3.05, 3.63) is 45.9 Å². The van der Waals surface area contributed by atoms with Crippen molar-refractivity contribution in [3.8, 4) is 23.0 Å². The molecule has 0 aliphatic carbocycles. The van der Waals surface area contributed by atoms with Crippen molar-refractivity contribution in [3.63, 3.8) is 0 Å². The first-order valence-corrected chi connectivity index (χ1v) is 8.87. The van der Waals surface area contributed by atoms with E-state index in [-0.39, 0.29) is 6.61 Å². The molecule has 0 saturated carbocycles. The molecule has 142 valence electrons. The molecule has 0 saturated heterocycles. The molecule has 0 radical (unpaired) electrons. The van der Waals surface area contributed by atoms with E-state index < -0.39 is 5.97 Å². The van der Waals surface area contributed by atoms with Gasteiger partial charge < -0.3 is 23.7 Å². The van der Waals surface area contributed by atoms with Gasteiger partial charge in [-0.1, -0.05) is 15.9 Å². The molecule has 0 aromatic heterocycles. The zero-order valence-electron chi connectivity index (χ0n) is 15.4. The van der Waals surface area contributed by atoms with Gasteiger partial charge in [0.2, 0.25) is 5.75 Å². The minimum atomic E-state index is -0.408. The van der Waals surface area contributed by atoms with E-state index in [1.165, 1.54) is 21.3 Å². The Morgan fingerprint density at radius 3 is 2.15 bits per heavy atom. The molecule has 2 aromatic carbocycles. The number of hydrogen-bond donors (Lipinski definition) is 0. The lowest BCUT2D eigenvalue weighted by Gasteiger charge is -2.15. The second kappa shape index (κ2) is 7.92. The van der Waals surface area contributed by atoms with E-state index in [4.69, 9.17) is 23.7 Å². The first-order chi connectivity index (χ1) is 13.0. The third-order valence-corrected chi connectivity index (χ3v) is 5.00. The third kappa shape index (κ3) is 3.47. The molecule has 2 aromatic rings. The summed E-state index contributed by atoms with van der Waals surface area (Å²) in [6, 6.07) is 9.04. The van der Waals surface area contributed by atoms with Gasteiger partial charge >= 0.3 is 5.97 Å². The van der Waals surface area contributed by atoms with Crippen LogP contribution in [0.4, 0.5) is 0 Å². The van der Waals surface area contributed by atoms with Crippen molar-refractivity contribution >= 4 is 33.0 Å². The van der Waals surface area contributed by atoms with Gasteiger partial charge in [-0.3, -0.25) is 0 Å². The molecule has 0 fully saturated rings. The molecule has 3 rings (SSSR count). The van der Waals surface area contributed by atoms with Crippen LogP contribution in [-0.4, -0.2) is 41.0 Å². The predicted molar refractivity (Wildman–Crippen MR) is 105 cm³/mol. The lowest BCUT2D eigenvalue weighted by atomic mass is 9.96. The number of carbonyl (C=O) groups is 1. The normalized spacial score (nSPS) is 13.4. The van der Waals surface area contributed by atoms with Gasteiger partial charge in [0.25, 0.3) is 0 Å². The van der Waals surface area contributed by atoms with Crippen LogP contribution in [0, 0.1) is 0 Å². The summed E-state index contributed by atoms with van der Waals surface area (Å²) in [5, 5.41) is 0. The number of benzene rings is 2. The Balaban J connectivity index is 2.24. The molecule has 1 aliphatic rings. The summed E-state index contributed by atoms with van der Waals surface area (Å²) in [6.07, 6.45) is 0. The van der Waals surface area contributed by atoms with E-state index in [9.17, 15) is 4.79 Å². The minimum Gasteiger partial charge on any atom is -0.497 e. The average Bonchev–Trinajstić information content (AvgIpc) is 3.08. The maximum absolute atomic E-state index is 12.5. The molecular formula is C20H19BrO6. The van der Waals surface area contributed by atoms with E-state index in [2.05, 4.69) is 15.9 Å². The molecule has 27 heavy (non-hydrogen) atoms. The molecule has 0 unspecified atom stereocenters. The Morgan fingerprint density at radius 2 is 1.59 bits per heavy atom. The Kier molecular flexibility index (Phi) is 5.60. The zero-order valence-corrected chi connectivity index (χ0v) is 17.0. The summed E-state index contributed by atoms with van der Waals surface area (Å²) in [7, 11) is 6.18. The molecule has 0 atom stereocenters. The molecule has 7 heteroatoms. The van der Waals surface area contributed by atoms with Crippen molar-refractivity contribution in [2.75, 3.05) is 35.0 Å². The van der Waals surface area contributed by atoms with Crippen molar-refractivity contribution < 1.29 is 28.5 Å². The molecular weight excluding hydrogens is 416 g/mol. The van der Waals surface area contributed by atoms with Gasteiger partial charge in [0, 0.05) is 10.0 Å². The highest BCUT2D eigenvalue weighted by atomic mass is 79.9. The number of ether oxygens (including phenoxy) is 5. The smallest absolute Gasteiger partial charge is 0.339 e. The van der Waals surface area contributed by atoms with Crippen molar-refractivity contribution in [2.24, 2.45) is 0 Å². The number of rotatable bonds is 6. The fraction of sp³-hybridized carbons (Fsp3) is 0.250. The van der Waals surface area contributed by atoms with Crippen LogP contribution >= 0.6 is 15.9 Å². The van der Waals surface area contributed by atoms with Crippen LogP contribution in [0.2, 0.25) is 0 Å². The highest BCUT2D eigenvalue weighted by Crippen LogP contribution is 2.43. The van der Waals surface area contributed by atoms with Crippen LogP contribution < -0.4 is 18.9 Å². The summed E-state index contributed by atoms with van der Waals surface area (Å²) in [5.74, 6) is 1.66. The highest BCUT2D eigenvalue weighted by Gasteiger charge is 2.30. The van der Waals surface area contributed by atoms with Gasteiger partial charge in [-0.2, -0.15) is 0 Å². The summed E-state index contributed by atoms with van der Waals surface area (Å²) in [5.41, 5.74) is 2.64. The average molecular weight is 435 g/mol. The maximum atomic E-state index is 12.5. The van der Waals surface area contributed by atoms with Gasteiger partial charge in [0.05, 0.1) is 34.0 Å². The van der Waals surface area contributed by atoms with E-state index in [1.54, 1.807) is 19.2 Å². The Bertz CT molecular complexity index is 894. The minimum absolute atomic E-state index is 0.163. The predicted octanol–water partition coefficient (Wildman–Crippen LogP) is 3.95. The summed E-state index contributed by atoms with van der Waals surface area (Å²) in [6.45, 7) is 0.163. The summed E-state index contributed by atoms with van der Waals surface area (Å²) in [4.78, 5) is 12.5. The SMILES string of the molecule is COc1ccc(Br)c(C2=C(c3cc(OC)c(OC)c(OC)c3)C(=O)OC2)c1. The molecule has 1 heterocycles. The number of esters is 1. The summed E-state index contributed by atoms with van der Waals surface area (Å²) >= 11 is 3.54. The standard InChI is InChI=1S/C20H19BrO6/c1-23-12-5-6-15(21)13(9-12)14-10-27-20(22)18(14)11-7-16(24-2)19(26-4)17(8-11)25-3/h5-9H,10H2,1-4H3. The largest absolute Gasteiger partial charge is 0.497 e. The van der Waals surface area contributed by atoms with Crippen LogP contribution in [0.15, 0.2) is 34.8 Å². The fourth-order valence-corrected chi connectivity index (χ4v) is 3.48. The Labute approximate surface area is 165 Å². The first kappa shape index (κ1) is 19.1. The molecule has 0 bridgehead atoms. The highest BCUT2D eigenvalue weighted by molar-refractivity contribution is 9.10. The van der Waals surface area contributed by atoms with Gasteiger partial charge in [-0.05, 0) is 41.5 Å². The number of hydrogen-bond acceptors (Lipinski definition) is 6. The second-order valence-corrected chi connectivity index (χ2v) is 6.54. The summed E-state index contributed by atoms with van der Waals surface area (Å²) < 4.78 is 27.7. The molecule has 0 N–H and O–H groups in total. The van der Waals surface area contributed by atoms with E-state index >= 15 is 0 Å². The van der Waals surface area contributed by atoms with E-state index in [0.717, 1.165) is 15.6 Å². The van der Waals surface area contributed by atoms with Crippen LogP contribution in [0.3, 0.4) is 0 Å².